The molecule has 2 N–H and O–H groups in total. The number of nitrogens with zero attached hydrogens (tertiary/aromatic N) is 1. The van der Waals surface area contributed by atoms with Crippen molar-refractivity contribution in [2.75, 3.05) is 12.4 Å². The average molecular weight is 535 g/mol. The molecule has 3 aromatic carbocycles. The van der Waals surface area contributed by atoms with Gasteiger partial charge in [0, 0.05) is 10.7 Å². The molecule has 0 saturated carbocycles. The summed E-state index contributed by atoms with van der Waals surface area (Å²) in [7, 11) is 1.40. The monoisotopic (exact) mass is 533 g/mol. The maximum absolute atomic E-state index is 12.4. The molecule has 2 amide bonds. The number of rotatable bonds is 6. The lowest BCUT2D eigenvalue weighted by Gasteiger charge is -2.10. The number of anilines is 1. The first-order valence-corrected chi connectivity index (χ1v) is 11.1. The summed E-state index contributed by atoms with van der Waals surface area (Å²) in [6.45, 7) is 1.82. The van der Waals surface area contributed by atoms with Crippen LogP contribution < -0.4 is 20.2 Å². The number of benzene rings is 3. The van der Waals surface area contributed by atoms with Crippen LogP contribution in [0, 0.1) is 6.92 Å². The highest BCUT2D eigenvalue weighted by Gasteiger charge is 2.15. The predicted octanol–water partition coefficient (Wildman–Crippen LogP) is 5.27. The van der Waals surface area contributed by atoms with E-state index in [4.69, 9.17) is 44.3 Å². The highest BCUT2D eigenvalue weighted by atomic mass is 35.5. The minimum Gasteiger partial charge on any atom is -0.493 e. The normalized spacial score (nSPS) is 10.7. The van der Waals surface area contributed by atoms with Gasteiger partial charge in [-0.2, -0.15) is 5.10 Å². The van der Waals surface area contributed by atoms with E-state index in [1.807, 2.05) is 6.92 Å². The van der Waals surface area contributed by atoms with Crippen LogP contribution in [0.1, 0.15) is 21.5 Å². The Balaban J connectivity index is 1.61. The summed E-state index contributed by atoms with van der Waals surface area (Å²) < 4.78 is 10.6. The summed E-state index contributed by atoms with van der Waals surface area (Å²) in [5, 5.41) is 7.19. The molecule has 11 heteroatoms. The number of amides is 2. The molecule has 0 spiro atoms. The van der Waals surface area contributed by atoms with E-state index in [2.05, 4.69) is 15.8 Å². The zero-order chi connectivity index (χ0) is 25.5. The van der Waals surface area contributed by atoms with Gasteiger partial charge in [0.25, 0.3) is 0 Å². The molecule has 8 nitrogen and oxygen atoms in total. The zero-order valence-corrected chi connectivity index (χ0v) is 20.7. The van der Waals surface area contributed by atoms with E-state index in [9.17, 15) is 14.4 Å². The minimum absolute atomic E-state index is 0.154. The Labute approximate surface area is 215 Å². The van der Waals surface area contributed by atoms with Crippen molar-refractivity contribution >= 4 is 64.5 Å². The van der Waals surface area contributed by atoms with Gasteiger partial charge in [-0.25, -0.2) is 10.2 Å². The highest BCUT2D eigenvalue weighted by molar-refractivity contribution is 6.42. The van der Waals surface area contributed by atoms with Crippen LogP contribution in [0.5, 0.6) is 11.5 Å². The first-order chi connectivity index (χ1) is 16.7. The largest absolute Gasteiger partial charge is 0.493 e. The van der Waals surface area contributed by atoms with Gasteiger partial charge in [0.05, 0.1) is 28.9 Å². The van der Waals surface area contributed by atoms with Crippen LogP contribution >= 0.6 is 34.8 Å². The van der Waals surface area contributed by atoms with Crippen LogP contribution in [0.25, 0.3) is 0 Å². The van der Waals surface area contributed by atoms with Gasteiger partial charge < -0.3 is 14.8 Å². The summed E-state index contributed by atoms with van der Waals surface area (Å²) >= 11 is 17.8. The third-order valence-corrected chi connectivity index (χ3v) is 5.71. The molecule has 0 saturated heterocycles. The molecule has 0 aromatic heterocycles. The molecule has 0 unspecified atom stereocenters. The van der Waals surface area contributed by atoms with Gasteiger partial charge in [0.1, 0.15) is 0 Å². The Morgan fingerprint density at radius 1 is 0.857 bits per heavy atom. The number of nitrogens with one attached hydrogen (secondary N) is 2. The molecule has 0 atom stereocenters. The van der Waals surface area contributed by atoms with Gasteiger partial charge in [0.15, 0.2) is 11.5 Å². The summed E-state index contributed by atoms with van der Waals surface area (Å²) in [4.78, 5) is 36.4. The number of carbonyl (C=O) groups is 3. The van der Waals surface area contributed by atoms with E-state index in [0.717, 1.165) is 5.56 Å². The second-order valence-corrected chi connectivity index (χ2v) is 8.27. The van der Waals surface area contributed by atoms with E-state index < -0.39 is 17.8 Å². The Hall–Kier alpha value is -3.59. The molecule has 0 bridgehead atoms. The Morgan fingerprint density at radius 2 is 1.63 bits per heavy atom. The number of aryl methyl sites for hydroxylation is 1. The van der Waals surface area contributed by atoms with Crippen LogP contribution in [0.4, 0.5) is 5.69 Å². The Kier molecular flexibility index (Phi) is 8.70. The summed E-state index contributed by atoms with van der Waals surface area (Å²) in [5.41, 5.74) is 4.05. The molecule has 3 rings (SSSR count). The zero-order valence-electron chi connectivity index (χ0n) is 18.4. The average Bonchev–Trinajstić information content (AvgIpc) is 2.83. The van der Waals surface area contributed by atoms with E-state index in [0.29, 0.717) is 21.3 Å². The van der Waals surface area contributed by atoms with Crippen LogP contribution in [0.3, 0.4) is 0 Å². The number of hydrazone groups is 1. The van der Waals surface area contributed by atoms with Crippen molar-refractivity contribution in [1.82, 2.24) is 5.43 Å². The number of carbonyl (C=O) groups excluding carboxylic acids is 3. The molecule has 0 radical (unpaired) electrons. The number of hydrogen-bond acceptors (Lipinski definition) is 6. The first-order valence-electron chi connectivity index (χ1n) is 9.93. The van der Waals surface area contributed by atoms with Gasteiger partial charge in [-0.3, -0.25) is 9.59 Å². The second-order valence-electron chi connectivity index (χ2n) is 7.05. The lowest BCUT2D eigenvalue weighted by molar-refractivity contribution is -0.136. The molecule has 0 heterocycles. The van der Waals surface area contributed by atoms with Gasteiger partial charge in [-0.1, -0.05) is 40.9 Å². The fourth-order valence-corrected chi connectivity index (χ4v) is 3.18. The van der Waals surface area contributed by atoms with E-state index in [1.165, 1.54) is 49.7 Å². The molecule has 0 aliphatic rings. The topological polar surface area (TPSA) is 106 Å². The molecule has 0 aliphatic carbocycles. The van der Waals surface area contributed by atoms with Crippen LogP contribution in [-0.4, -0.2) is 31.1 Å². The highest BCUT2D eigenvalue weighted by Crippen LogP contribution is 2.29. The van der Waals surface area contributed by atoms with Crippen molar-refractivity contribution in [2.45, 2.75) is 6.92 Å². The van der Waals surface area contributed by atoms with Crippen molar-refractivity contribution < 1.29 is 23.9 Å². The number of ether oxygens (including phenoxy) is 2. The van der Waals surface area contributed by atoms with Crippen molar-refractivity contribution in [3.8, 4) is 11.5 Å². The summed E-state index contributed by atoms with van der Waals surface area (Å²) in [6.07, 6.45) is 1.29. The molecular formula is C24H18Cl3N3O5. The Morgan fingerprint density at radius 3 is 2.31 bits per heavy atom. The van der Waals surface area contributed by atoms with Crippen molar-refractivity contribution in [2.24, 2.45) is 5.10 Å². The summed E-state index contributed by atoms with van der Waals surface area (Å²) in [5.74, 6) is -2.15. The quantitative estimate of drug-likeness (QED) is 0.147. The van der Waals surface area contributed by atoms with E-state index in [1.54, 1.807) is 18.2 Å². The predicted molar refractivity (Wildman–Crippen MR) is 135 cm³/mol. The second kappa shape index (κ2) is 11.7. The molecule has 3 aromatic rings. The summed E-state index contributed by atoms with van der Waals surface area (Å²) in [6, 6.07) is 13.8. The number of hydrogen-bond donors (Lipinski definition) is 2. The molecule has 180 valence electrons. The third kappa shape index (κ3) is 6.95. The number of esters is 1. The molecule has 35 heavy (non-hydrogen) atoms. The molecule has 0 aliphatic heterocycles. The van der Waals surface area contributed by atoms with Crippen molar-refractivity contribution in [1.29, 1.82) is 0 Å². The maximum Gasteiger partial charge on any atom is 0.343 e. The van der Waals surface area contributed by atoms with Crippen LogP contribution in [0.2, 0.25) is 15.1 Å². The van der Waals surface area contributed by atoms with Crippen LogP contribution in [-0.2, 0) is 9.59 Å². The van der Waals surface area contributed by atoms with Crippen molar-refractivity contribution in [3.05, 3.63) is 86.4 Å². The van der Waals surface area contributed by atoms with Gasteiger partial charge in [-0.05, 0) is 66.6 Å². The van der Waals surface area contributed by atoms with E-state index >= 15 is 0 Å². The lowest BCUT2D eigenvalue weighted by atomic mass is 10.2. The minimum atomic E-state index is -0.975. The van der Waals surface area contributed by atoms with Gasteiger partial charge in [0.2, 0.25) is 0 Å². The fourth-order valence-electron chi connectivity index (χ4n) is 2.71. The fraction of sp³-hybridized carbons (Fsp3) is 0.0833. The standard InChI is InChI=1S/C24H18Cl3N3O5/c1-13-3-6-16(11-18(13)26)29-22(31)23(32)30-28-12-14-4-8-20(21(9-14)34-2)35-24(33)15-5-7-17(25)19(27)10-15/h3-12H,1-2H3,(H,29,31)(H,30,32)/b28-12-. The Bertz CT molecular complexity index is 1330. The van der Waals surface area contributed by atoms with Gasteiger partial charge >= 0.3 is 17.8 Å². The number of halogens is 3. The van der Waals surface area contributed by atoms with Gasteiger partial charge in [-0.15, -0.1) is 0 Å². The third-order valence-electron chi connectivity index (χ3n) is 4.56. The maximum atomic E-state index is 12.4. The SMILES string of the molecule is COc1cc(/C=N\NC(=O)C(=O)Nc2ccc(C)c(Cl)c2)ccc1OC(=O)c1ccc(Cl)c(Cl)c1. The smallest absolute Gasteiger partial charge is 0.343 e. The van der Waals surface area contributed by atoms with Crippen molar-refractivity contribution in [3.63, 3.8) is 0 Å². The molecule has 0 fully saturated rings. The van der Waals surface area contributed by atoms with Crippen LogP contribution in [0.15, 0.2) is 59.7 Å². The lowest BCUT2D eigenvalue weighted by Crippen LogP contribution is -2.32. The van der Waals surface area contributed by atoms with E-state index in [-0.39, 0.29) is 22.1 Å². The first kappa shape index (κ1) is 26.0. The molecular weight excluding hydrogens is 517 g/mol. The number of methoxy groups -OCH3 is 1.